The molecule has 10 heteroatoms. The fourth-order valence-corrected chi connectivity index (χ4v) is 3.99. The number of nitrogens with zero attached hydrogens (tertiary/aromatic N) is 4. The van der Waals surface area contributed by atoms with Crippen molar-refractivity contribution in [2.75, 3.05) is 92.9 Å². The summed E-state index contributed by atoms with van der Waals surface area (Å²) in [5.41, 5.74) is -0.180. The lowest BCUT2D eigenvalue weighted by Gasteiger charge is -2.40. The first-order chi connectivity index (χ1) is 13.7. The van der Waals surface area contributed by atoms with E-state index in [0.717, 1.165) is 64.7 Å². The molecular formula is C19H36IN5O4. The minimum atomic E-state index is -0.180. The van der Waals surface area contributed by atoms with Crippen molar-refractivity contribution >= 4 is 35.8 Å². The monoisotopic (exact) mass is 525 g/mol. The Bertz CT molecular complexity index is 531. The van der Waals surface area contributed by atoms with Crippen LogP contribution in [0.2, 0.25) is 0 Å². The van der Waals surface area contributed by atoms with Gasteiger partial charge in [0.1, 0.15) is 0 Å². The zero-order valence-electron chi connectivity index (χ0n) is 17.7. The third-order valence-corrected chi connectivity index (χ3v) is 6.01. The molecule has 3 fully saturated rings. The molecule has 3 saturated heterocycles. The predicted molar refractivity (Wildman–Crippen MR) is 122 cm³/mol. The molecule has 3 aliphatic rings. The van der Waals surface area contributed by atoms with Gasteiger partial charge in [0.25, 0.3) is 0 Å². The van der Waals surface area contributed by atoms with E-state index in [1.807, 2.05) is 11.9 Å². The number of ether oxygens (including phenoxy) is 3. The average Bonchev–Trinajstić information content (AvgIpc) is 2.76. The van der Waals surface area contributed by atoms with Gasteiger partial charge in [-0.2, -0.15) is 0 Å². The van der Waals surface area contributed by atoms with Gasteiger partial charge in [-0.1, -0.05) is 0 Å². The highest BCUT2D eigenvalue weighted by atomic mass is 127. The zero-order chi connectivity index (χ0) is 19.8. The molecule has 0 aromatic rings. The lowest BCUT2D eigenvalue weighted by molar-refractivity contribution is -0.136. The maximum atomic E-state index is 12.4. The Kier molecular flexibility index (Phi) is 10.4. The molecule has 3 aliphatic heterocycles. The van der Waals surface area contributed by atoms with Crippen LogP contribution in [0.25, 0.3) is 0 Å². The molecule has 0 atom stereocenters. The number of nitrogens with one attached hydrogen (secondary N) is 1. The number of aliphatic imine (C=N–C) groups is 1. The van der Waals surface area contributed by atoms with Crippen LogP contribution in [0.15, 0.2) is 4.99 Å². The lowest BCUT2D eigenvalue weighted by atomic mass is 9.94. The van der Waals surface area contributed by atoms with Gasteiger partial charge in [0, 0.05) is 86.0 Å². The van der Waals surface area contributed by atoms with Crippen LogP contribution in [-0.2, 0) is 19.0 Å². The van der Waals surface area contributed by atoms with E-state index in [9.17, 15) is 4.79 Å². The van der Waals surface area contributed by atoms with Crippen molar-refractivity contribution < 1.29 is 19.0 Å². The molecule has 1 N–H and O–H groups in total. The summed E-state index contributed by atoms with van der Waals surface area (Å²) in [6.45, 7) is 8.87. The van der Waals surface area contributed by atoms with Gasteiger partial charge in [-0.25, -0.2) is 0 Å². The van der Waals surface area contributed by atoms with Crippen LogP contribution in [-0.4, -0.2) is 125 Å². The van der Waals surface area contributed by atoms with Crippen molar-refractivity contribution in [1.82, 2.24) is 20.0 Å². The average molecular weight is 525 g/mol. The molecule has 29 heavy (non-hydrogen) atoms. The molecule has 168 valence electrons. The van der Waals surface area contributed by atoms with Gasteiger partial charge in [0.2, 0.25) is 5.91 Å². The quantitative estimate of drug-likeness (QED) is 0.304. The summed E-state index contributed by atoms with van der Waals surface area (Å²) in [6, 6.07) is 0. The van der Waals surface area contributed by atoms with E-state index in [-0.39, 0.29) is 35.5 Å². The van der Waals surface area contributed by atoms with E-state index in [0.29, 0.717) is 32.8 Å². The Labute approximate surface area is 191 Å². The normalized spacial score (nSPS) is 23.4. The number of halogens is 1. The number of guanidine groups is 1. The molecule has 0 saturated carbocycles. The Morgan fingerprint density at radius 3 is 2.21 bits per heavy atom. The van der Waals surface area contributed by atoms with Crippen molar-refractivity contribution in [3.8, 4) is 0 Å². The summed E-state index contributed by atoms with van der Waals surface area (Å²) in [4.78, 5) is 23.3. The molecular weight excluding hydrogens is 489 g/mol. The summed E-state index contributed by atoms with van der Waals surface area (Å²) in [5, 5.41) is 3.50. The molecule has 0 aromatic carbocycles. The van der Waals surface area contributed by atoms with Gasteiger partial charge >= 0.3 is 0 Å². The number of carbonyl (C=O) groups excluding carboxylic acids is 1. The third-order valence-electron chi connectivity index (χ3n) is 6.01. The molecule has 0 aromatic heterocycles. The van der Waals surface area contributed by atoms with Crippen LogP contribution in [0, 0.1) is 0 Å². The smallest absolute Gasteiger partial charge is 0.236 e. The molecule has 0 bridgehead atoms. The van der Waals surface area contributed by atoms with Crippen LogP contribution in [0.4, 0.5) is 0 Å². The molecule has 0 radical (unpaired) electrons. The predicted octanol–water partition coefficient (Wildman–Crippen LogP) is -0.148. The maximum Gasteiger partial charge on any atom is 0.236 e. The van der Waals surface area contributed by atoms with Crippen molar-refractivity contribution in [3.63, 3.8) is 0 Å². The second-order valence-electron chi connectivity index (χ2n) is 7.66. The van der Waals surface area contributed by atoms with Gasteiger partial charge < -0.3 is 29.3 Å². The SMILES string of the molecule is CN=C(NCC1(OC)CCOCC1)N1CCN(CC(=O)N2CCOCC2)CC1.I. The Morgan fingerprint density at radius 1 is 1.00 bits per heavy atom. The third kappa shape index (κ3) is 6.91. The topological polar surface area (TPSA) is 78.9 Å². The lowest BCUT2D eigenvalue weighted by Crippen LogP contribution is -2.57. The second-order valence-corrected chi connectivity index (χ2v) is 7.66. The summed E-state index contributed by atoms with van der Waals surface area (Å²) in [7, 11) is 3.60. The van der Waals surface area contributed by atoms with Gasteiger partial charge in [0.15, 0.2) is 5.96 Å². The van der Waals surface area contributed by atoms with Crippen molar-refractivity contribution in [3.05, 3.63) is 0 Å². The van der Waals surface area contributed by atoms with Crippen LogP contribution >= 0.6 is 24.0 Å². The second kappa shape index (κ2) is 12.2. The van der Waals surface area contributed by atoms with E-state index in [1.165, 1.54) is 0 Å². The summed E-state index contributed by atoms with van der Waals surface area (Å²) < 4.78 is 16.6. The standard InChI is InChI=1S/C19H35N5O4.HI/c1-20-18(21-16-19(26-2)3-11-27-12-4-19)24-7-5-22(6-8-24)15-17(25)23-9-13-28-14-10-23;/h3-16H2,1-2H3,(H,20,21);1H. The Morgan fingerprint density at radius 2 is 1.62 bits per heavy atom. The fraction of sp³-hybridized carbons (Fsp3) is 0.895. The maximum absolute atomic E-state index is 12.4. The number of hydrogen-bond acceptors (Lipinski definition) is 6. The molecule has 0 spiro atoms. The van der Waals surface area contributed by atoms with Crippen molar-refractivity contribution in [2.45, 2.75) is 18.4 Å². The first-order valence-electron chi connectivity index (χ1n) is 10.3. The van der Waals surface area contributed by atoms with E-state index >= 15 is 0 Å². The number of amides is 1. The van der Waals surface area contributed by atoms with Crippen molar-refractivity contribution in [2.24, 2.45) is 4.99 Å². The molecule has 3 heterocycles. The highest BCUT2D eigenvalue weighted by Crippen LogP contribution is 2.23. The fourth-order valence-electron chi connectivity index (χ4n) is 3.99. The van der Waals surface area contributed by atoms with Gasteiger partial charge in [0.05, 0.1) is 25.4 Å². The molecule has 0 unspecified atom stereocenters. The molecule has 0 aliphatic carbocycles. The van der Waals surface area contributed by atoms with E-state index < -0.39 is 0 Å². The van der Waals surface area contributed by atoms with Crippen LogP contribution in [0.5, 0.6) is 0 Å². The number of carbonyl (C=O) groups is 1. The first kappa shape index (κ1) is 24.6. The highest BCUT2D eigenvalue weighted by molar-refractivity contribution is 14.0. The van der Waals surface area contributed by atoms with E-state index in [2.05, 4.69) is 20.1 Å². The summed E-state index contributed by atoms with van der Waals surface area (Å²) in [5.74, 6) is 1.11. The number of hydrogen-bond donors (Lipinski definition) is 1. The number of morpholine rings is 1. The van der Waals surface area contributed by atoms with Crippen LogP contribution < -0.4 is 5.32 Å². The van der Waals surface area contributed by atoms with Gasteiger partial charge in [-0.05, 0) is 0 Å². The highest BCUT2D eigenvalue weighted by Gasteiger charge is 2.33. The summed E-state index contributed by atoms with van der Waals surface area (Å²) >= 11 is 0. The van der Waals surface area contributed by atoms with E-state index in [1.54, 1.807) is 7.11 Å². The molecule has 1 amide bonds. The Balaban J connectivity index is 0.00000300. The minimum absolute atomic E-state index is 0. The zero-order valence-corrected chi connectivity index (χ0v) is 20.1. The van der Waals surface area contributed by atoms with Gasteiger partial charge in [-0.3, -0.25) is 14.7 Å². The largest absolute Gasteiger partial charge is 0.381 e. The number of methoxy groups -OCH3 is 1. The van der Waals surface area contributed by atoms with Gasteiger partial charge in [-0.15, -0.1) is 24.0 Å². The van der Waals surface area contributed by atoms with Crippen LogP contribution in [0.1, 0.15) is 12.8 Å². The number of piperazine rings is 1. The number of rotatable bonds is 5. The minimum Gasteiger partial charge on any atom is -0.381 e. The first-order valence-corrected chi connectivity index (χ1v) is 10.3. The molecule has 3 rings (SSSR count). The Hall–Kier alpha value is -0.690. The summed E-state index contributed by atoms with van der Waals surface area (Å²) in [6.07, 6.45) is 1.79. The van der Waals surface area contributed by atoms with Crippen molar-refractivity contribution in [1.29, 1.82) is 0 Å². The molecule has 9 nitrogen and oxygen atoms in total. The van der Waals surface area contributed by atoms with Crippen LogP contribution in [0.3, 0.4) is 0 Å². The van der Waals surface area contributed by atoms with E-state index in [4.69, 9.17) is 14.2 Å².